The summed E-state index contributed by atoms with van der Waals surface area (Å²) >= 11 is -2.37. The normalized spacial score (nSPS) is 12.9. The lowest BCUT2D eigenvalue weighted by atomic mass is 10.5. The molecule has 0 fully saturated rings. The van der Waals surface area contributed by atoms with Crippen molar-refractivity contribution in [2.75, 3.05) is 0 Å². The lowest BCUT2D eigenvalue weighted by Crippen LogP contribution is -2.04. The predicted molar refractivity (Wildman–Crippen MR) is 34.1 cm³/mol. The number of aromatic nitrogens is 1. The van der Waals surface area contributed by atoms with Crippen LogP contribution in [0.25, 0.3) is 0 Å². The molecule has 0 aliphatic rings. The van der Waals surface area contributed by atoms with E-state index in [0.717, 1.165) is 3.97 Å². The summed E-state index contributed by atoms with van der Waals surface area (Å²) in [6, 6.07) is 2.91. The highest BCUT2D eigenvalue weighted by Gasteiger charge is 1.96. The van der Waals surface area contributed by atoms with Crippen LogP contribution in [0.1, 0.15) is 10.5 Å². The van der Waals surface area contributed by atoms with Crippen molar-refractivity contribution >= 4 is 17.6 Å². The zero-order chi connectivity index (χ0) is 7.56. The largest absolute Gasteiger partial charge is 0.755 e. The van der Waals surface area contributed by atoms with E-state index < -0.39 is 11.3 Å². The summed E-state index contributed by atoms with van der Waals surface area (Å²) in [5.41, 5.74) is 0.133. The zero-order valence-electron chi connectivity index (χ0n) is 4.89. The van der Waals surface area contributed by atoms with Crippen molar-refractivity contribution in [3.8, 4) is 0 Å². The molecular formula is C5H4NO3S-. The molecule has 0 spiro atoms. The van der Waals surface area contributed by atoms with E-state index in [1.54, 1.807) is 0 Å². The molecule has 4 nitrogen and oxygen atoms in total. The Morgan fingerprint density at radius 1 is 1.70 bits per heavy atom. The average Bonchev–Trinajstić information content (AvgIpc) is 2.33. The summed E-state index contributed by atoms with van der Waals surface area (Å²) in [7, 11) is 0. The number of hydrogen-bond acceptors (Lipinski definition) is 3. The quantitative estimate of drug-likeness (QED) is 0.447. The van der Waals surface area contributed by atoms with Gasteiger partial charge in [-0.25, -0.2) is 0 Å². The van der Waals surface area contributed by atoms with Gasteiger partial charge in [0.15, 0.2) is 6.29 Å². The third-order valence-corrected chi connectivity index (χ3v) is 1.68. The second kappa shape index (κ2) is 2.76. The molecule has 0 aliphatic heterocycles. The number of nitrogens with zero attached hydrogens (tertiary/aromatic N) is 1. The van der Waals surface area contributed by atoms with Crippen LogP contribution in [0.4, 0.5) is 0 Å². The zero-order valence-corrected chi connectivity index (χ0v) is 5.71. The fourth-order valence-electron chi connectivity index (χ4n) is 0.606. The van der Waals surface area contributed by atoms with Crippen LogP contribution in [0, 0.1) is 0 Å². The van der Waals surface area contributed by atoms with Crippen LogP contribution in [0.15, 0.2) is 18.3 Å². The highest BCUT2D eigenvalue weighted by molar-refractivity contribution is 7.77. The van der Waals surface area contributed by atoms with Crippen molar-refractivity contribution in [3.63, 3.8) is 0 Å². The minimum atomic E-state index is -2.37. The number of rotatable bonds is 2. The van der Waals surface area contributed by atoms with E-state index >= 15 is 0 Å². The lowest BCUT2D eigenvalue weighted by molar-refractivity contribution is 0.111. The molecule has 1 rings (SSSR count). The molecule has 0 bridgehead atoms. The molecule has 0 aliphatic carbocycles. The van der Waals surface area contributed by atoms with Crippen LogP contribution < -0.4 is 0 Å². The molecule has 0 N–H and O–H groups in total. The number of carbonyl (C=O) groups is 1. The fourth-order valence-corrected chi connectivity index (χ4v) is 1.05. The minimum Gasteiger partial charge on any atom is -0.755 e. The van der Waals surface area contributed by atoms with Crippen LogP contribution in [-0.2, 0) is 11.3 Å². The molecule has 10 heavy (non-hydrogen) atoms. The van der Waals surface area contributed by atoms with Gasteiger partial charge >= 0.3 is 0 Å². The van der Waals surface area contributed by atoms with Crippen LogP contribution in [-0.4, -0.2) is 19.0 Å². The van der Waals surface area contributed by atoms with Crippen molar-refractivity contribution in [2.24, 2.45) is 0 Å². The van der Waals surface area contributed by atoms with E-state index in [9.17, 15) is 13.6 Å². The number of aldehydes is 1. The smallest absolute Gasteiger partial charge is 0.167 e. The molecule has 1 aromatic rings. The van der Waals surface area contributed by atoms with Crippen molar-refractivity contribution in [3.05, 3.63) is 24.0 Å². The highest BCUT2D eigenvalue weighted by Crippen LogP contribution is 1.98. The number of carbonyl (C=O) groups excluding carboxylic acids is 1. The summed E-state index contributed by atoms with van der Waals surface area (Å²) in [5.74, 6) is 0. The Morgan fingerprint density at radius 3 is 2.80 bits per heavy atom. The topological polar surface area (TPSA) is 62.1 Å². The standard InChI is InChI=1S/C5H5NO3S/c7-4-5-2-1-3-6(5)10(8)9/h1-4H,(H,8,9)/p-1. The molecule has 1 aromatic heterocycles. The Bertz CT molecular complexity index is 268. The van der Waals surface area contributed by atoms with Gasteiger partial charge in [-0.15, -0.1) is 0 Å². The SMILES string of the molecule is O=Cc1cccn1S(=O)[O-]. The van der Waals surface area contributed by atoms with E-state index in [4.69, 9.17) is 0 Å². The fraction of sp³-hybridized carbons (Fsp3) is 0. The molecule has 0 radical (unpaired) electrons. The second-order valence-electron chi connectivity index (χ2n) is 1.59. The van der Waals surface area contributed by atoms with E-state index in [-0.39, 0.29) is 5.69 Å². The van der Waals surface area contributed by atoms with E-state index in [1.165, 1.54) is 18.3 Å². The summed E-state index contributed by atoms with van der Waals surface area (Å²) in [6.07, 6.45) is 1.78. The Morgan fingerprint density at radius 2 is 2.40 bits per heavy atom. The molecule has 1 heterocycles. The maximum Gasteiger partial charge on any atom is 0.167 e. The van der Waals surface area contributed by atoms with Crippen LogP contribution in [0.3, 0.4) is 0 Å². The molecule has 1 unspecified atom stereocenters. The lowest BCUT2D eigenvalue weighted by Gasteiger charge is -2.06. The van der Waals surface area contributed by atoms with Gasteiger partial charge in [0.05, 0.1) is 17.0 Å². The molecule has 0 aromatic carbocycles. The van der Waals surface area contributed by atoms with Crippen LogP contribution in [0.5, 0.6) is 0 Å². The Labute approximate surface area is 59.9 Å². The Kier molecular flexibility index (Phi) is 1.98. The van der Waals surface area contributed by atoms with Crippen LogP contribution in [0.2, 0.25) is 0 Å². The third kappa shape index (κ3) is 1.14. The molecular weight excluding hydrogens is 154 g/mol. The molecule has 0 amide bonds. The third-order valence-electron chi connectivity index (χ3n) is 1.02. The molecule has 54 valence electrons. The van der Waals surface area contributed by atoms with Gasteiger partial charge in [-0.3, -0.25) is 13.0 Å². The Balaban J connectivity index is 3.13. The van der Waals surface area contributed by atoms with Crippen molar-refractivity contribution in [1.29, 1.82) is 0 Å². The first-order valence-corrected chi connectivity index (χ1v) is 3.51. The van der Waals surface area contributed by atoms with Crippen molar-refractivity contribution in [2.45, 2.75) is 0 Å². The number of hydrogen-bond donors (Lipinski definition) is 0. The monoisotopic (exact) mass is 158 g/mol. The summed E-state index contributed by atoms with van der Waals surface area (Å²) < 4.78 is 21.3. The first-order chi connectivity index (χ1) is 4.75. The second-order valence-corrected chi connectivity index (χ2v) is 2.42. The summed E-state index contributed by atoms with van der Waals surface area (Å²) in [6.45, 7) is 0. The summed E-state index contributed by atoms with van der Waals surface area (Å²) in [4.78, 5) is 10.1. The average molecular weight is 158 g/mol. The predicted octanol–water partition coefficient (Wildman–Crippen LogP) is -0.0572. The first kappa shape index (κ1) is 7.17. The highest BCUT2D eigenvalue weighted by atomic mass is 32.2. The first-order valence-electron chi connectivity index (χ1n) is 2.48. The van der Waals surface area contributed by atoms with Crippen LogP contribution >= 0.6 is 0 Å². The van der Waals surface area contributed by atoms with Gasteiger partial charge in [0.1, 0.15) is 0 Å². The van der Waals surface area contributed by atoms with Crippen molar-refractivity contribution < 1.29 is 13.6 Å². The molecule has 5 heteroatoms. The van der Waals surface area contributed by atoms with Gasteiger partial charge in [0.25, 0.3) is 0 Å². The minimum absolute atomic E-state index is 0.133. The molecule has 0 saturated heterocycles. The van der Waals surface area contributed by atoms with Gasteiger partial charge in [-0.1, -0.05) is 0 Å². The van der Waals surface area contributed by atoms with Gasteiger partial charge in [0, 0.05) is 6.20 Å². The van der Waals surface area contributed by atoms with Gasteiger partial charge < -0.3 is 4.55 Å². The van der Waals surface area contributed by atoms with Crippen molar-refractivity contribution in [1.82, 2.24) is 3.97 Å². The van der Waals surface area contributed by atoms with Gasteiger partial charge in [0.2, 0.25) is 0 Å². The molecule has 1 atom stereocenters. The maximum atomic E-state index is 10.2. The Hall–Kier alpha value is -0.940. The maximum absolute atomic E-state index is 10.2. The summed E-state index contributed by atoms with van der Waals surface area (Å²) in [5, 5.41) is 0. The van der Waals surface area contributed by atoms with E-state index in [2.05, 4.69) is 0 Å². The van der Waals surface area contributed by atoms with Gasteiger partial charge in [-0.05, 0) is 12.1 Å². The van der Waals surface area contributed by atoms with Gasteiger partial charge in [-0.2, -0.15) is 0 Å². The molecule has 0 saturated carbocycles. The van der Waals surface area contributed by atoms with E-state index in [0.29, 0.717) is 6.29 Å². The van der Waals surface area contributed by atoms with E-state index in [1.807, 2.05) is 0 Å².